The smallest absolute Gasteiger partial charge is 0.319 e. The standard InChI is InChI=1S/C24H22N6O2S/c1-14-5-17(7-18-9-26-29-19(14)18)21-20(16-4-2-3-15(6-16)8-25)27-22(33-21)28-23(31)30-10-24(11-30)12-32-13-24/h2-7,9,22,27H,10-13H2,1H3,(H,26,29)(H,28,31). The molecule has 2 amide bonds. The van der Waals surface area contributed by atoms with Crippen molar-refractivity contribution in [1.82, 2.24) is 25.7 Å². The average molecular weight is 459 g/mol. The number of nitriles is 1. The lowest BCUT2D eigenvalue weighted by atomic mass is 9.78. The fourth-order valence-corrected chi connectivity index (χ4v) is 5.81. The van der Waals surface area contributed by atoms with Gasteiger partial charge in [-0.2, -0.15) is 10.4 Å². The predicted octanol–water partition coefficient (Wildman–Crippen LogP) is 3.23. The summed E-state index contributed by atoms with van der Waals surface area (Å²) in [5.41, 5.74) is 5.42. The van der Waals surface area contributed by atoms with E-state index in [-0.39, 0.29) is 16.9 Å². The fraction of sp³-hybridized carbons (Fsp3) is 0.292. The Morgan fingerprint density at radius 1 is 1.30 bits per heavy atom. The second-order valence-electron chi connectivity index (χ2n) is 8.96. The number of likely N-dealkylation sites (tertiary alicyclic amines) is 1. The van der Waals surface area contributed by atoms with Crippen LogP contribution in [-0.4, -0.2) is 52.9 Å². The molecule has 1 aromatic heterocycles. The van der Waals surface area contributed by atoms with Crippen molar-refractivity contribution in [2.45, 2.75) is 12.4 Å². The monoisotopic (exact) mass is 458 g/mol. The number of thioether (sulfide) groups is 1. The summed E-state index contributed by atoms with van der Waals surface area (Å²) in [6.45, 7) is 5.02. The van der Waals surface area contributed by atoms with Crippen LogP contribution in [0.3, 0.4) is 0 Å². The van der Waals surface area contributed by atoms with E-state index in [4.69, 9.17) is 4.74 Å². The van der Waals surface area contributed by atoms with Crippen LogP contribution in [0.25, 0.3) is 21.5 Å². The van der Waals surface area contributed by atoms with Crippen LogP contribution in [0.15, 0.2) is 42.6 Å². The number of H-pyrrole nitrogens is 1. The van der Waals surface area contributed by atoms with Crippen LogP contribution >= 0.6 is 11.8 Å². The summed E-state index contributed by atoms with van der Waals surface area (Å²) in [5.74, 6) is 0. The highest BCUT2D eigenvalue weighted by molar-refractivity contribution is 8.09. The lowest BCUT2D eigenvalue weighted by Crippen LogP contribution is -2.69. The first-order valence-corrected chi connectivity index (χ1v) is 11.7. The van der Waals surface area contributed by atoms with E-state index in [0.717, 1.165) is 64.5 Å². The van der Waals surface area contributed by atoms with E-state index < -0.39 is 0 Å². The molecular weight excluding hydrogens is 436 g/mol. The van der Waals surface area contributed by atoms with E-state index in [1.54, 1.807) is 17.8 Å². The zero-order valence-corrected chi connectivity index (χ0v) is 18.8. The van der Waals surface area contributed by atoms with Gasteiger partial charge in [-0.15, -0.1) is 0 Å². The number of hydrogen-bond acceptors (Lipinski definition) is 6. The minimum atomic E-state index is -0.317. The molecule has 1 atom stereocenters. The van der Waals surface area contributed by atoms with E-state index in [9.17, 15) is 10.1 Å². The number of carbonyl (C=O) groups excluding carboxylic acids is 1. The Kier molecular flexibility index (Phi) is 4.60. The number of rotatable bonds is 3. The largest absolute Gasteiger partial charge is 0.380 e. The fourth-order valence-electron chi connectivity index (χ4n) is 4.69. The summed E-state index contributed by atoms with van der Waals surface area (Å²) >= 11 is 1.57. The zero-order valence-electron chi connectivity index (χ0n) is 18.0. The second-order valence-corrected chi connectivity index (χ2v) is 10.1. The van der Waals surface area contributed by atoms with Gasteiger partial charge in [0.25, 0.3) is 0 Å². The first kappa shape index (κ1) is 20.1. The highest BCUT2D eigenvalue weighted by Crippen LogP contribution is 2.43. The summed E-state index contributed by atoms with van der Waals surface area (Å²) in [5, 5.41) is 24.2. The van der Waals surface area contributed by atoms with Crippen LogP contribution in [0.2, 0.25) is 0 Å². The number of aryl methyl sites for hydroxylation is 1. The van der Waals surface area contributed by atoms with Gasteiger partial charge in [-0.05, 0) is 42.3 Å². The normalized spacial score (nSPS) is 20.8. The van der Waals surface area contributed by atoms with Gasteiger partial charge in [0.15, 0.2) is 5.50 Å². The maximum atomic E-state index is 12.8. The van der Waals surface area contributed by atoms with Gasteiger partial charge in [0, 0.05) is 28.9 Å². The Hall–Kier alpha value is -3.48. The molecule has 1 unspecified atom stereocenters. The van der Waals surface area contributed by atoms with Crippen molar-refractivity contribution < 1.29 is 9.53 Å². The third kappa shape index (κ3) is 3.43. The molecule has 1 spiro atoms. The van der Waals surface area contributed by atoms with Crippen molar-refractivity contribution in [2.75, 3.05) is 26.3 Å². The van der Waals surface area contributed by atoms with Crippen molar-refractivity contribution in [3.63, 3.8) is 0 Å². The van der Waals surface area contributed by atoms with E-state index in [1.165, 1.54) is 0 Å². The maximum absolute atomic E-state index is 12.8. The molecule has 0 bridgehead atoms. The number of amides is 2. The average Bonchev–Trinajstić information content (AvgIpc) is 3.39. The van der Waals surface area contributed by atoms with E-state index in [2.05, 4.69) is 46.0 Å². The molecule has 2 fully saturated rings. The number of fused-ring (bicyclic) bond motifs is 1. The van der Waals surface area contributed by atoms with E-state index >= 15 is 0 Å². The topological polar surface area (TPSA) is 106 Å². The molecule has 0 saturated carbocycles. The Labute approximate surface area is 195 Å². The number of aromatic amines is 1. The van der Waals surface area contributed by atoms with Gasteiger partial charge in [-0.25, -0.2) is 4.79 Å². The Balaban J connectivity index is 1.30. The van der Waals surface area contributed by atoms with Crippen molar-refractivity contribution >= 4 is 39.3 Å². The van der Waals surface area contributed by atoms with E-state index in [0.29, 0.717) is 5.56 Å². The highest BCUT2D eigenvalue weighted by atomic mass is 32.2. The number of carbonyl (C=O) groups is 1. The first-order chi connectivity index (χ1) is 16.0. The minimum absolute atomic E-state index is 0.0784. The van der Waals surface area contributed by atoms with Crippen molar-refractivity contribution in [3.05, 3.63) is 64.8 Å². The quantitative estimate of drug-likeness (QED) is 0.557. The Morgan fingerprint density at radius 3 is 2.91 bits per heavy atom. The summed E-state index contributed by atoms with van der Waals surface area (Å²) in [6, 6.07) is 13.9. The molecule has 3 aliphatic rings. The number of benzene rings is 2. The lowest BCUT2D eigenvalue weighted by molar-refractivity contribution is -0.175. The van der Waals surface area contributed by atoms with Crippen LogP contribution in [0, 0.1) is 23.7 Å². The van der Waals surface area contributed by atoms with Crippen LogP contribution in [0.5, 0.6) is 0 Å². The molecule has 0 radical (unpaired) electrons. The molecule has 0 aliphatic carbocycles. The highest BCUT2D eigenvalue weighted by Gasteiger charge is 2.51. The molecule has 6 rings (SSSR count). The van der Waals surface area contributed by atoms with Crippen molar-refractivity contribution in [3.8, 4) is 6.07 Å². The summed E-state index contributed by atoms with van der Waals surface area (Å²) in [6.07, 6.45) is 1.82. The minimum Gasteiger partial charge on any atom is -0.380 e. The zero-order chi connectivity index (χ0) is 22.6. The summed E-state index contributed by atoms with van der Waals surface area (Å²) in [4.78, 5) is 15.7. The molecule has 3 aromatic rings. The van der Waals surface area contributed by atoms with Crippen LogP contribution in [0.1, 0.15) is 22.3 Å². The van der Waals surface area contributed by atoms with Gasteiger partial charge in [-0.1, -0.05) is 23.9 Å². The molecule has 3 aliphatic heterocycles. The number of urea groups is 1. The van der Waals surface area contributed by atoms with Gasteiger partial charge < -0.3 is 20.3 Å². The number of ether oxygens (including phenoxy) is 1. The van der Waals surface area contributed by atoms with Gasteiger partial charge in [0.05, 0.1) is 47.7 Å². The molecule has 2 aromatic carbocycles. The van der Waals surface area contributed by atoms with Gasteiger partial charge in [0.1, 0.15) is 0 Å². The molecule has 9 heteroatoms. The number of hydrogen-bond donors (Lipinski definition) is 3. The predicted molar refractivity (Wildman–Crippen MR) is 127 cm³/mol. The molecule has 33 heavy (non-hydrogen) atoms. The SMILES string of the molecule is Cc1cc(C2=C(c3cccc(C#N)c3)NC(NC(=O)N3CC4(COC4)C3)S2)cc2cn[nH]c12. The lowest BCUT2D eigenvalue weighted by Gasteiger charge is -2.54. The summed E-state index contributed by atoms with van der Waals surface area (Å²) < 4.78 is 5.31. The van der Waals surface area contributed by atoms with Crippen molar-refractivity contribution in [1.29, 1.82) is 5.26 Å². The van der Waals surface area contributed by atoms with E-state index in [1.807, 2.05) is 29.3 Å². The van der Waals surface area contributed by atoms with Gasteiger partial charge in [-0.3, -0.25) is 5.10 Å². The molecule has 3 N–H and O–H groups in total. The molecule has 2 saturated heterocycles. The molecule has 166 valence electrons. The van der Waals surface area contributed by atoms with Crippen LogP contribution < -0.4 is 10.6 Å². The third-order valence-electron chi connectivity index (χ3n) is 6.44. The second kappa shape index (κ2) is 7.54. The third-order valence-corrected chi connectivity index (χ3v) is 7.58. The summed E-state index contributed by atoms with van der Waals surface area (Å²) in [7, 11) is 0. The Bertz CT molecular complexity index is 1340. The first-order valence-electron chi connectivity index (χ1n) is 10.8. The van der Waals surface area contributed by atoms with Gasteiger partial charge in [0.2, 0.25) is 0 Å². The Morgan fingerprint density at radius 2 is 2.15 bits per heavy atom. The van der Waals surface area contributed by atoms with Gasteiger partial charge >= 0.3 is 6.03 Å². The molecule has 4 heterocycles. The molecule has 8 nitrogen and oxygen atoms in total. The van der Waals surface area contributed by atoms with Crippen molar-refractivity contribution in [2.24, 2.45) is 5.41 Å². The van der Waals surface area contributed by atoms with Crippen LogP contribution in [0.4, 0.5) is 4.79 Å². The van der Waals surface area contributed by atoms with Crippen LogP contribution in [-0.2, 0) is 4.74 Å². The number of aromatic nitrogens is 2. The number of nitrogens with one attached hydrogen (secondary N) is 3. The maximum Gasteiger partial charge on any atom is 0.319 e. The molecular formula is C24H22N6O2S. The number of nitrogens with zero attached hydrogens (tertiary/aromatic N) is 3.